The minimum absolute atomic E-state index is 0.0857. The fourth-order valence-electron chi connectivity index (χ4n) is 1.72. The molecular weight excluding hydrogens is 318 g/mol. The van der Waals surface area contributed by atoms with E-state index in [1.54, 1.807) is 0 Å². The number of hydrogen-bond acceptors (Lipinski definition) is 5. The quantitative estimate of drug-likeness (QED) is 0.782. The summed E-state index contributed by atoms with van der Waals surface area (Å²) in [6, 6.07) is 2.84. The predicted octanol–water partition coefficient (Wildman–Crippen LogP) is 1.46. The third-order valence-electron chi connectivity index (χ3n) is 2.70. The molecule has 1 fully saturated rings. The van der Waals surface area contributed by atoms with E-state index in [2.05, 4.69) is 0 Å². The number of hydrogen-bond donors (Lipinski definition) is 3. The van der Waals surface area contributed by atoms with Gasteiger partial charge in [-0.05, 0) is 12.1 Å². The summed E-state index contributed by atoms with van der Waals surface area (Å²) in [7, 11) is 0. The van der Waals surface area contributed by atoms with Crippen molar-refractivity contribution < 1.29 is 24.8 Å². The van der Waals surface area contributed by atoms with Crippen molar-refractivity contribution in [1.82, 2.24) is 0 Å². The van der Waals surface area contributed by atoms with Crippen LogP contribution in [-0.4, -0.2) is 46.5 Å². The first-order valence-corrected chi connectivity index (χ1v) is 6.51. The van der Waals surface area contributed by atoms with Crippen LogP contribution in [0.1, 0.15) is 0 Å². The SMILES string of the molecule is OC[C@@H]1O[C@@H](Oc2c(Cl)cc(Cl)cc2Cl)[C@H](O)[C@H]1O. The Balaban J connectivity index is 2.18. The van der Waals surface area contributed by atoms with E-state index >= 15 is 0 Å². The van der Waals surface area contributed by atoms with E-state index in [1.807, 2.05) is 0 Å². The highest BCUT2D eigenvalue weighted by molar-refractivity contribution is 6.40. The van der Waals surface area contributed by atoms with Crippen molar-refractivity contribution >= 4 is 34.8 Å². The van der Waals surface area contributed by atoms with Gasteiger partial charge in [0.05, 0.1) is 16.7 Å². The van der Waals surface area contributed by atoms with Crippen molar-refractivity contribution in [3.05, 3.63) is 27.2 Å². The maximum Gasteiger partial charge on any atom is 0.229 e. The van der Waals surface area contributed by atoms with Gasteiger partial charge >= 0.3 is 0 Å². The minimum atomic E-state index is -1.32. The van der Waals surface area contributed by atoms with Crippen LogP contribution in [-0.2, 0) is 4.74 Å². The van der Waals surface area contributed by atoms with Crippen LogP contribution >= 0.6 is 34.8 Å². The summed E-state index contributed by atoms with van der Waals surface area (Å²) in [5.74, 6) is 0.0857. The number of ether oxygens (including phenoxy) is 2. The molecule has 8 heteroatoms. The van der Waals surface area contributed by atoms with Crippen molar-refractivity contribution in [3.63, 3.8) is 0 Å². The Labute approximate surface area is 124 Å². The molecule has 1 aromatic carbocycles. The van der Waals surface area contributed by atoms with Gasteiger partial charge in [-0.1, -0.05) is 34.8 Å². The summed E-state index contributed by atoms with van der Waals surface area (Å²) in [6.45, 7) is -0.444. The molecule has 106 valence electrons. The second-order valence-corrected chi connectivity index (χ2v) is 5.27. The van der Waals surface area contributed by atoms with E-state index in [-0.39, 0.29) is 15.8 Å². The molecular formula is C11H11Cl3O5. The molecule has 4 atom stereocenters. The van der Waals surface area contributed by atoms with Gasteiger partial charge in [0.2, 0.25) is 6.29 Å². The van der Waals surface area contributed by atoms with Crippen LogP contribution < -0.4 is 4.74 Å². The Morgan fingerprint density at radius 3 is 2.16 bits per heavy atom. The van der Waals surface area contributed by atoms with Crippen LogP contribution in [0.15, 0.2) is 12.1 Å². The van der Waals surface area contributed by atoms with Gasteiger partial charge in [-0.3, -0.25) is 0 Å². The van der Waals surface area contributed by atoms with Gasteiger partial charge in [0.15, 0.2) is 5.75 Å². The number of rotatable bonds is 3. The average Bonchev–Trinajstić information content (AvgIpc) is 2.61. The zero-order chi connectivity index (χ0) is 14.2. The minimum Gasteiger partial charge on any atom is -0.459 e. The molecule has 0 aliphatic carbocycles. The maximum atomic E-state index is 9.73. The van der Waals surface area contributed by atoms with Crippen molar-refractivity contribution in [3.8, 4) is 5.75 Å². The van der Waals surface area contributed by atoms with E-state index in [1.165, 1.54) is 12.1 Å². The lowest BCUT2D eigenvalue weighted by Crippen LogP contribution is -2.35. The average molecular weight is 330 g/mol. The summed E-state index contributed by atoms with van der Waals surface area (Å²) in [6.07, 6.45) is -4.67. The Bertz CT molecular complexity index is 447. The fraction of sp³-hybridized carbons (Fsp3) is 0.455. The Morgan fingerprint density at radius 1 is 1.11 bits per heavy atom. The molecule has 1 aliphatic heterocycles. The molecule has 3 N–H and O–H groups in total. The highest BCUT2D eigenvalue weighted by Crippen LogP contribution is 2.38. The van der Waals surface area contributed by atoms with Crippen LogP contribution in [0.5, 0.6) is 5.75 Å². The summed E-state index contributed by atoms with van der Waals surface area (Å²) in [5, 5.41) is 28.9. The molecule has 0 spiro atoms. The van der Waals surface area contributed by atoms with Crippen LogP contribution in [0.3, 0.4) is 0 Å². The summed E-state index contributed by atoms with van der Waals surface area (Å²) >= 11 is 17.6. The molecule has 0 aromatic heterocycles. The Morgan fingerprint density at radius 2 is 1.68 bits per heavy atom. The van der Waals surface area contributed by atoms with Crippen LogP contribution in [0.4, 0.5) is 0 Å². The van der Waals surface area contributed by atoms with Crippen molar-refractivity contribution in [2.75, 3.05) is 6.61 Å². The topological polar surface area (TPSA) is 79.2 Å². The fourth-order valence-corrected chi connectivity index (χ4v) is 2.63. The van der Waals surface area contributed by atoms with Crippen LogP contribution in [0.2, 0.25) is 15.1 Å². The van der Waals surface area contributed by atoms with Crippen molar-refractivity contribution in [2.45, 2.75) is 24.6 Å². The Hall–Kier alpha value is -0.270. The van der Waals surface area contributed by atoms with E-state index < -0.39 is 31.2 Å². The summed E-state index contributed by atoms with van der Waals surface area (Å²) in [5.41, 5.74) is 0. The molecule has 0 radical (unpaired) electrons. The summed E-state index contributed by atoms with van der Waals surface area (Å²) in [4.78, 5) is 0. The largest absolute Gasteiger partial charge is 0.459 e. The highest BCUT2D eigenvalue weighted by atomic mass is 35.5. The van der Waals surface area contributed by atoms with Crippen molar-refractivity contribution in [1.29, 1.82) is 0 Å². The van der Waals surface area contributed by atoms with Gasteiger partial charge in [-0.25, -0.2) is 0 Å². The Kier molecular flexibility index (Phi) is 4.79. The van der Waals surface area contributed by atoms with Crippen molar-refractivity contribution in [2.24, 2.45) is 0 Å². The number of aliphatic hydroxyl groups is 3. The van der Waals surface area contributed by atoms with Gasteiger partial charge in [-0.15, -0.1) is 0 Å². The molecule has 0 unspecified atom stereocenters. The van der Waals surface area contributed by atoms with Gasteiger partial charge in [-0.2, -0.15) is 0 Å². The third kappa shape index (κ3) is 3.08. The monoisotopic (exact) mass is 328 g/mol. The van der Waals surface area contributed by atoms with E-state index in [0.717, 1.165) is 0 Å². The van der Waals surface area contributed by atoms with Gasteiger partial charge in [0.1, 0.15) is 18.3 Å². The molecule has 0 saturated carbocycles. The molecule has 2 rings (SSSR count). The predicted molar refractivity (Wildman–Crippen MR) is 69.9 cm³/mol. The lowest BCUT2D eigenvalue weighted by atomic mass is 10.1. The third-order valence-corrected chi connectivity index (χ3v) is 3.48. The molecule has 1 aromatic rings. The molecule has 0 amide bonds. The van der Waals surface area contributed by atoms with Crippen LogP contribution in [0, 0.1) is 0 Å². The van der Waals surface area contributed by atoms with Gasteiger partial charge < -0.3 is 24.8 Å². The second kappa shape index (κ2) is 6.01. The second-order valence-electron chi connectivity index (χ2n) is 4.02. The summed E-state index contributed by atoms with van der Waals surface area (Å²) < 4.78 is 10.5. The number of halogens is 3. The lowest BCUT2D eigenvalue weighted by molar-refractivity contribution is -0.116. The van der Waals surface area contributed by atoms with E-state index in [9.17, 15) is 10.2 Å². The zero-order valence-electron chi connectivity index (χ0n) is 9.46. The molecule has 5 nitrogen and oxygen atoms in total. The molecule has 1 saturated heterocycles. The van der Waals surface area contributed by atoms with Gasteiger partial charge in [0, 0.05) is 5.02 Å². The van der Waals surface area contributed by atoms with E-state index in [4.69, 9.17) is 49.4 Å². The zero-order valence-corrected chi connectivity index (χ0v) is 11.7. The first-order valence-electron chi connectivity index (χ1n) is 5.37. The van der Waals surface area contributed by atoms with Crippen LogP contribution in [0.25, 0.3) is 0 Å². The molecule has 1 heterocycles. The number of benzene rings is 1. The highest BCUT2D eigenvalue weighted by Gasteiger charge is 2.44. The molecule has 19 heavy (non-hydrogen) atoms. The normalized spacial score (nSPS) is 30.6. The van der Waals surface area contributed by atoms with E-state index in [0.29, 0.717) is 5.02 Å². The molecule has 1 aliphatic rings. The lowest BCUT2D eigenvalue weighted by Gasteiger charge is -2.18. The smallest absolute Gasteiger partial charge is 0.229 e. The first-order chi connectivity index (χ1) is 8.93. The number of aliphatic hydroxyl groups excluding tert-OH is 3. The maximum absolute atomic E-state index is 9.73. The first kappa shape index (κ1) is 15.1. The van der Waals surface area contributed by atoms with Gasteiger partial charge in [0.25, 0.3) is 0 Å². The standard InChI is InChI=1S/C11H11Cl3O5/c12-4-1-5(13)10(6(14)2-4)19-11-9(17)8(16)7(3-15)18-11/h1-2,7-9,11,15-17H,3H2/t7-,8-,9+,11-/m0/s1. The molecule has 0 bridgehead atoms.